The summed E-state index contributed by atoms with van der Waals surface area (Å²) in [4.78, 5) is 0. The molecule has 0 atom stereocenters. The Kier molecular flexibility index (Phi) is 3.20. The maximum atomic E-state index is 5.66. The molecule has 1 heterocycles. The van der Waals surface area contributed by atoms with Gasteiger partial charge in [0.25, 0.3) is 0 Å². The topological polar surface area (TPSA) is 25.2 Å². The first-order chi connectivity index (χ1) is 7.40. The van der Waals surface area contributed by atoms with Crippen LogP contribution in [-0.4, -0.2) is 6.54 Å². The standard InChI is InChI=1S/C13H15NO/c1-2-3-8-14-10-12-9-11-6-4-5-7-13(11)15-12/h2,4-7,9,14H,1,3,8,10H2. The molecular formula is C13H15NO. The highest BCUT2D eigenvalue weighted by Crippen LogP contribution is 2.18. The Morgan fingerprint density at radius 3 is 3.00 bits per heavy atom. The average molecular weight is 201 g/mol. The fourth-order valence-corrected chi connectivity index (χ4v) is 1.54. The van der Waals surface area contributed by atoms with Crippen LogP contribution in [0, 0.1) is 0 Å². The van der Waals surface area contributed by atoms with Crippen molar-refractivity contribution in [3.8, 4) is 0 Å². The van der Waals surface area contributed by atoms with Gasteiger partial charge in [-0.25, -0.2) is 0 Å². The molecule has 0 fully saturated rings. The second kappa shape index (κ2) is 4.80. The Hall–Kier alpha value is -1.54. The van der Waals surface area contributed by atoms with Crippen molar-refractivity contribution in [2.75, 3.05) is 6.54 Å². The fraction of sp³-hybridized carbons (Fsp3) is 0.231. The summed E-state index contributed by atoms with van der Waals surface area (Å²) < 4.78 is 5.66. The third kappa shape index (κ3) is 2.48. The molecule has 0 spiro atoms. The van der Waals surface area contributed by atoms with Crippen LogP contribution in [0.3, 0.4) is 0 Å². The van der Waals surface area contributed by atoms with E-state index in [1.165, 1.54) is 0 Å². The first-order valence-corrected chi connectivity index (χ1v) is 5.19. The number of fused-ring (bicyclic) bond motifs is 1. The molecule has 0 aliphatic carbocycles. The van der Waals surface area contributed by atoms with Crippen LogP contribution < -0.4 is 5.32 Å². The van der Waals surface area contributed by atoms with E-state index in [2.05, 4.69) is 24.0 Å². The second-order valence-electron chi connectivity index (χ2n) is 3.50. The molecule has 0 bridgehead atoms. The molecule has 0 radical (unpaired) electrons. The summed E-state index contributed by atoms with van der Waals surface area (Å²) >= 11 is 0. The van der Waals surface area contributed by atoms with Crippen molar-refractivity contribution >= 4 is 11.0 Å². The van der Waals surface area contributed by atoms with Crippen LogP contribution in [0.2, 0.25) is 0 Å². The van der Waals surface area contributed by atoms with E-state index in [9.17, 15) is 0 Å². The van der Waals surface area contributed by atoms with E-state index in [1.54, 1.807) is 0 Å². The van der Waals surface area contributed by atoms with Gasteiger partial charge >= 0.3 is 0 Å². The number of furan rings is 1. The highest BCUT2D eigenvalue weighted by Gasteiger charge is 2.01. The zero-order valence-corrected chi connectivity index (χ0v) is 8.70. The van der Waals surface area contributed by atoms with Crippen LogP contribution in [0.5, 0.6) is 0 Å². The lowest BCUT2D eigenvalue weighted by atomic mass is 10.2. The highest BCUT2D eigenvalue weighted by molar-refractivity contribution is 5.77. The van der Waals surface area contributed by atoms with Gasteiger partial charge in [-0.3, -0.25) is 0 Å². The van der Waals surface area contributed by atoms with E-state index in [1.807, 2.05) is 24.3 Å². The normalized spacial score (nSPS) is 10.7. The van der Waals surface area contributed by atoms with Gasteiger partial charge in [-0.2, -0.15) is 0 Å². The second-order valence-corrected chi connectivity index (χ2v) is 3.50. The molecule has 78 valence electrons. The minimum absolute atomic E-state index is 0.780. The van der Waals surface area contributed by atoms with E-state index >= 15 is 0 Å². The molecule has 2 nitrogen and oxygen atoms in total. The predicted molar refractivity (Wildman–Crippen MR) is 62.7 cm³/mol. The Morgan fingerprint density at radius 2 is 2.20 bits per heavy atom. The molecule has 0 unspecified atom stereocenters. The van der Waals surface area contributed by atoms with Crippen LogP contribution in [0.4, 0.5) is 0 Å². The first kappa shape index (κ1) is 9.99. The van der Waals surface area contributed by atoms with Crippen molar-refractivity contribution < 1.29 is 4.42 Å². The zero-order valence-electron chi connectivity index (χ0n) is 8.70. The van der Waals surface area contributed by atoms with E-state index in [4.69, 9.17) is 4.42 Å². The number of hydrogen-bond acceptors (Lipinski definition) is 2. The summed E-state index contributed by atoms with van der Waals surface area (Å²) in [5.74, 6) is 0.986. The third-order valence-corrected chi connectivity index (χ3v) is 2.30. The van der Waals surface area contributed by atoms with E-state index in [-0.39, 0.29) is 0 Å². The summed E-state index contributed by atoms with van der Waals surface area (Å²) in [6.45, 7) is 5.40. The van der Waals surface area contributed by atoms with Crippen molar-refractivity contribution in [3.63, 3.8) is 0 Å². The summed E-state index contributed by atoms with van der Waals surface area (Å²) in [5.41, 5.74) is 0.957. The molecule has 1 aromatic heterocycles. The van der Waals surface area contributed by atoms with Gasteiger partial charge in [-0.1, -0.05) is 24.3 Å². The van der Waals surface area contributed by atoms with Crippen LogP contribution in [-0.2, 0) is 6.54 Å². The number of para-hydroxylation sites is 1. The lowest BCUT2D eigenvalue weighted by molar-refractivity contribution is 0.516. The van der Waals surface area contributed by atoms with Gasteiger partial charge in [0.05, 0.1) is 6.54 Å². The monoisotopic (exact) mass is 201 g/mol. The maximum absolute atomic E-state index is 5.66. The molecule has 2 aromatic rings. The zero-order chi connectivity index (χ0) is 10.5. The van der Waals surface area contributed by atoms with Gasteiger partial charge in [-0.15, -0.1) is 6.58 Å². The molecule has 0 saturated heterocycles. The van der Waals surface area contributed by atoms with E-state index < -0.39 is 0 Å². The molecule has 0 aliphatic heterocycles. The van der Waals surface area contributed by atoms with Gasteiger partial charge in [-0.05, 0) is 25.1 Å². The lowest BCUT2D eigenvalue weighted by Gasteiger charge is -1.98. The number of benzene rings is 1. The summed E-state index contributed by atoms with van der Waals surface area (Å²) in [6, 6.07) is 10.1. The molecule has 0 aliphatic rings. The SMILES string of the molecule is C=CCCNCc1cc2ccccc2o1. The molecule has 2 rings (SSSR count). The van der Waals surface area contributed by atoms with Crippen LogP contribution in [0.25, 0.3) is 11.0 Å². The fourth-order valence-electron chi connectivity index (χ4n) is 1.54. The lowest BCUT2D eigenvalue weighted by Crippen LogP contribution is -2.13. The summed E-state index contributed by atoms with van der Waals surface area (Å²) in [5, 5.41) is 4.46. The van der Waals surface area contributed by atoms with E-state index in [0.717, 1.165) is 36.2 Å². The molecule has 0 saturated carbocycles. The highest BCUT2D eigenvalue weighted by atomic mass is 16.3. The number of nitrogens with one attached hydrogen (secondary N) is 1. The molecular weight excluding hydrogens is 186 g/mol. The Balaban J connectivity index is 1.99. The summed E-state index contributed by atoms with van der Waals surface area (Å²) in [7, 11) is 0. The van der Waals surface area contributed by atoms with Crippen molar-refractivity contribution in [1.82, 2.24) is 5.32 Å². The summed E-state index contributed by atoms with van der Waals surface area (Å²) in [6.07, 6.45) is 2.89. The minimum Gasteiger partial charge on any atom is -0.460 e. The molecule has 15 heavy (non-hydrogen) atoms. The van der Waals surface area contributed by atoms with E-state index in [0.29, 0.717) is 0 Å². The van der Waals surface area contributed by atoms with Crippen molar-refractivity contribution in [1.29, 1.82) is 0 Å². The van der Waals surface area contributed by atoms with Crippen LogP contribution in [0.1, 0.15) is 12.2 Å². The predicted octanol–water partition coefficient (Wildman–Crippen LogP) is 3.10. The van der Waals surface area contributed by atoms with Crippen molar-refractivity contribution in [2.45, 2.75) is 13.0 Å². The average Bonchev–Trinajstić information content (AvgIpc) is 2.67. The van der Waals surface area contributed by atoms with Crippen molar-refractivity contribution in [2.24, 2.45) is 0 Å². The smallest absolute Gasteiger partial charge is 0.134 e. The van der Waals surface area contributed by atoms with Gasteiger partial charge < -0.3 is 9.73 Å². The van der Waals surface area contributed by atoms with Crippen molar-refractivity contribution in [3.05, 3.63) is 48.7 Å². The largest absolute Gasteiger partial charge is 0.460 e. The molecule has 2 heteroatoms. The van der Waals surface area contributed by atoms with Gasteiger partial charge in [0.15, 0.2) is 0 Å². The van der Waals surface area contributed by atoms with Crippen LogP contribution >= 0.6 is 0 Å². The van der Waals surface area contributed by atoms with Gasteiger partial charge in [0.2, 0.25) is 0 Å². The van der Waals surface area contributed by atoms with Gasteiger partial charge in [0.1, 0.15) is 11.3 Å². The third-order valence-electron chi connectivity index (χ3n) is 2.30. The number of rotatable bonds is 5. The maximum Gasteiger partial charge on any atom is 0.134 e. The minimum atomic E-state index is 0.780. The number of hydrogen-bond donors (Lipinski definition) is 1. The Morgan fingerprint density at radius 1 is 1.33 bits per heavy atom. The quantitative estimate of drug-likeness (QED) is 0.594. The first-order valence-electron chi connectivity index (χ1n) is 5.19. The molecule has 0 amide bonds. The Bertz CT molecular complexity index is 411. The van der Waals surface area contributed by atoms with Gasteiger partial charge in [0, 0.05) is 5.39 Å². The molecule has 1 N–H and O–H groups in total. The van der Waals surface area contributed by atoms with Crippen LogP contribution in [0.15, 0.2) is 47.4 Å². The molecule has 1 aromatic carbocycles. The Labute approximate surface area is 89.6 Å².